The van der Waals surface area contributed by atoms with Gasteiger partial charge in [-0.3, -0.25) is 14.3 Å². The first kappa shape index (κ1) is 27.2. The fourth-order valence-electron chi connectivity index (χ4n) is 4.11. The highest BCUT2D eigenvalue weighted by Crippen LogP contribution is 2.39. The van der Waals surface area contributed by atoms with Crippen LogP contribution in [0.5, 0.6) is 11.5 Å². The maximum Gasteiger partial charge on any atom is 0.272 e. The summed E-state index contributed by atoms with van der Waals surface area (Å²) in [5, 5.41) is 10.4. The van der Waals surface area contributed by atoms with Crippen LogP contribution in [0.4, 0.5) is 0 Å². The van der Waals surface area contributed by atoms with Gasteiger partial charge in [-0.15, -0.1) is 0 Å². The monoisotopic (exact) mass is 472 g/mol. The molecular formula is C26H40N4O4. The van der Waals surface area contributed by atoms with Crippen LogP contribution < -0.4 is 20.1 Å². The van der Waals surface area contributed by atoms with E-state index in [1.54, 1.807) is 27.3 Å². The Hall–Kier alpha value is -3.03. The average Bonchev–Trinajstić information content (AvgIpc) is 3.24. The van der Waals surface area contributed by atoms with Gasteiger partial charge < -0.3 is 20.1 Å². The van der Waals surface area contributed by atoms with E-state index >= 15 is 0 Å². The second kappa shape index (κ2) is 13.0. The van der Waals surface area contributed by atoms with Crippen molar-refractivity contribution in [2.45, 2.75) is 66.0 Å². The molecule has 0 fully saturated rings. The van der Waals surface area contributed by atoms with Crippen LogP contribution in [-0.2, 0) is 11.3 Å². The maximum absolute atomic E-state index is 13.3. The fourth-order valence-corrected chi connectivity index (χ4v) is 4.11. The minimum Gasteiger partial charge on any atom is -0.496 e. The number of benzene rings is 1. The summed E-state index contributed by atoms with van der Waals surface area (Å²) in [7, 11) is 4.83. The van der Waals surface area contributed by atoms with Crippen molar-refractivity contribution < 1.29 is 19.1 Å². The van der Waals surface area contributed by atoms with Gasteiger partial charge >= 0.3 is 0 Å². The van der Waals surface area contributed by atoms with Crippen LogP contribution in [0, 0.1) is 11.8 Å². The average molecular weight is 473 g/mol. The molecule has 0 aliphatic heterocycles. The third-order valence-corrected chi connectivity index (χ3v) is 6.08. The van der Waals surface area contributed by atoms with Crippen molar-refractivity contribution in [1.29, 1.82) is 0 Å². The van der Waals surface area contributed by atoms with E-state index in [1.807, 2.05) is 22.9 Å². The van der Waals surface area contributed by atoms with Crippen molar-refractivity contribution in [3.8, 4) is 22.8 Å². The van der Waals surface area contributed by atoms with Gasteiger partial charge in [0, 0.05) is 26.1 Å². The van der Waals surface area contributed by atoms with Crippen LogP contribution in [0.15, 0.2) is 24.3 Å². The topological polar surface area (TPSA) is 94.5 Å². The Kier molecular flexibility index (Phi) is 10.4. The number of methoxy groups -OCH3 is 2. The summed E-state index contributed by atoms with van der Waals surface area (Å²) in [6.07, 6.45) is 2.93. The molecule has 2 amide bonds. The van der Waals surface area contributed by atoms with Crippen molar-refractivity contribution in [1.82, 2.24) is 20.4 Å². The second-order valence-electron chi connectivity index (χ2n) is 8.99. The molecule has 2 rings (SSSR count). The van der Waals surface area contributed by atoms with Gasteiger partial charge in [0.25, 0.3) is 5.91 Å². The predicted molar refractivity (Wildman–Crippen MR) is 134 cm³/mol. The first-order valence-corrected chi connectivity index (χ1v) is 12.1. The van der Waals surface area contributed by atoms with Crippen LogP contribution in [0.3, 0.4) is 0 Å². The molecule has 0 spiro atoms. The Bertz CT molecular complexity index is 928. The third kappa shape index (κ3) is 6.98. The minimum atomic E-state index is -0.298. The quantitative estimate of drug-likeness (QED) is 0.454. The summed E-state index contributed by atoms with van der Waals surface area (Å²) >= 11 is 0. The number of hydrogen-bond donors (Lipinski definition) is 2. The first-order valence-electron chi connectivity index (χ1n) is 12.1. The zero-order valence-corrected chi connectivity index (χ0v) is 21.6. The number of carbonyl (C=O) groups is 2. The fraction of sp³-hybridized carbons (Fsp3) is 0.577. The highest BCUT2D eigenvalue weighted by atomic mass is 16.5. The number of hydrogen-bond acceptors (Lipinski definition) is 5. The molecule has 1 atom stereocenters. The summed E-state index contributed by atoms with van der Waals surface area (Å²) in [5.74, 6) is 1.63. The van der Waals surface area contributed by atoms with Gasteiger partial charge in [0.1, 0.15) is 11.5 Å². The molecule has 2 aromatic rings. The number of rotatable bonds is 13. The van der Waals surface area contributed by atoms with Crippen molar-refractivity contribution in [3.63, 3.8) is 0 Å². The van der Waals surface area contributed by atoms with E-state index in [4.69, 9.17) is 14.6 Å². The lowest BCUT2D eigenvalue weighted by Gasteiger charge is -2.19. The third-order valence-electron chi connectivity index (χ3n) is 6.08. The van der Waals surface area contributed by atoms with Gasteiger partial charge in [-0.1, -0.05) is 46.6 Å². The zero-order valence-electron chi connectivity index (χ0n) is 21.6. The van der Waals surface area contributed by atoms with Crippen molar-refractivity contribution in [2.75, 3.05) is 21.3 Å². The molecule has 0 saturated heterocycles. The highest BCUT2D eigenvalue weighted by Gasteiger charge is 2.24. The molecule has 34 heavy (non-hydrogen) atoms. The lowest BCUT2D eigenvalue weighted by atomic mass is 10.0. The molecule has 1 aromatic carbocycles. The van der Waals surface area contributed by atoms with Crippen LogP contribution in [0.25, 0.3) is 11.3 Å². The van der Waals surface area contributed by atoms with E-state index in [0.29, 0.717) is 42.0 Å². The number of nitrogens with one attached hydrogen (secondary N) is 2. The summed E-state index contributed by atoms with van der Waals surface area (Å²) in [6, 6.07) is 7.11. The second-order valence-corrected chi connectivity index (χ2v) is 8.99. The summed E-state index contributed by atoms with van der Waals surface area (Å²) in [5.41, 5.74) is 1.83. The van der Waals surface area contributed by atoms with Crippen LogP contribution >= 0.6 is 0 Å². The molecule has 0 saturated carbocycles. The lowest BCUT2D eigenvalue weighted by Crippen LogP contribution is -2.39. The van der Waals surface area contributed by atoms with Crippen molar-refractivity contribution in [2.24, 2.45) is 11.8 Å². The van der Waals surface area contributed by atoms with E-state index in [-0.39, 0.29) is 24.3 Å². The van der Waals surface area contributed by atoms with Crippen LogP contribution in [-0.4, -0.2) is 48.9 Å². The molecule has 1 unspecified atom stereocenters. The Morgan fingerprint density at radius 2 is 1.71 bits per heavy atom. The SMILES string of the molecule is CCC(CC)Cn1nc(C(=O)NC(CC(=O)NC)CC(C)C)cc1-c1c(OC)cccc1OC. The molecule has 0 radical (unpaired) electrons. The molecule has 188 valence electrons. The van der Waals surface area contributed by atoms with Gasteiger partial charge in [0.15, 0.2) is 5.69 Å². The van der Waals surface area contributed by atoms with Gasteiger partial charge in [-0.25, -0.2) is 0 Å². The number of amides is 2. The number of carbonyl (C=O) groups excluding carboxylic acids is 2. The smallest absolute Gasteiger partial charge is 0.272 e. The Morgan fingerprint density at radius 3 is 2.21 bits per heavy atom. The summed E-state index contributed by atoms with van der Waals surface area (Å²) in [4.78, 5) is 25.2. The van der Waals surface area contributed by atoms with E-state index in [1.165, 1.54) is 0 Å². The zero-order chi connectivity index (χ0) is 25.3. The number of nitrogens with zero attached hydrogens (tertiary/aromatic N) is 2. The molecule has 8 nitrogen and oxygen atoms in total. The Balaban J connectivity index is 2.49. The standard InChI is InChI=1S/C26H40N4O4/c1-8-18(9-2)16-30-21(25-22(33-6)11-10-12-23(25)34-7)15-20(29-30)26(32)28-19(13-17(3)4)14-24(31)27-5/h10-12,15,17-19H,8-9,13-14,16H2,1-7H3,(H,27,31)(H,28,32). The Labute approximate surface area is 203 Å². The summed E-state index contributed by atoms with van der Waals surface area (Å²) < 4.78 is 13.1. The van der Waals surface area contributed by atoms with E-state index in [0.717, 1.165) is 24.1 Å². The molecule has 8 heteroatoms. The molecule has 1 heterocycles. The van der Waals surface area contributed by atoms with Crippen molar-refractivity contribution >= 4 is 11.8 Å². The molecule has 2 N–H and O–H groups in total. The lowest BCUT2D eigenvalue weighted by molar-refractivity contribution is -0.121. The van der Waals surface area contributed by atoms with Gasteiger partial charge in [0.05, 0.1) is 25.5 Å². The number of ether oxygens (including phenoxy) is 2. The molecular weight excluding hydrogens is 432 g/mol. The Morgan fingerprint density at radius 1 is 1.09 bits per heavy atom. The molecule has 0 bridgehead atoms. The van der Waals surface area contributed by atoms with Crippen LogP contribution in [0.1, 0.15) is 63.9 Å². The summed E-state index contributed by atoms with van der Waals surface area (Å²) in [6.45, 7) is 9.12. The minimum absolute atomic E-state index is 0.107. The van der Waals surface area contributed by atoms with E-state index in [2.05, 4.69) is 38.3 Å². The van der Waals surface area contributed by atoms with Gasteiger partial charge in [0.2, 0.25) is 5.91 Å². The van der Waals surface area contributed by atoms with Gasteiger partial charge in [-0.2, -0.15) is 5.10 Å². The largest absolute Gasteiger partial charge is 0.496 e. The number of aromatic nitrogens is 2. The predicted octanol–water partition coefficient (Wildman–Crippen LogP) is 4.28. The maximum atomic E-state index is 13.3. The molecule has 0 aliphatic rings. The normalized spacial score (nSPS) is 12.0. The first-order chi connectivity index (χ1) is 16.3. The molecule has 1 aromatic heterocycles. The van der Waals surface area contributed by atoms with E-state index in [9.17, 15) is 9.59 Å². The van der Waals surface area contributed by atoms with Crippen molar-refractivity contribution in [3.05, 3.63) is 30.0 Å². The highest BCUT2D eigenvalue weighted by molar-refractivity contribution is 5.94. The van der Waals surface area contributed by atoms with Crippen LogP contribution in [0.2, 0.25) is 0 Å². The van der Waals surface area contributed by atoms with E-state index < -0.39 is 0 Å². The van der Waals surface area contributed by atoms with Gasteiger partial charge in [-0.05, 0) is 36.5 Å². The molecule has 0 aliphatic carbocycles.